The second-order valence-electron chi connectivity index (χ2n) is 5.63. The zero-order valence-corrected chi connectivity index (χ0v) is 14.2. The Kier molecular flexibility index (Phi) is 8.62. The lowest BCUT2D eigenvalue weighted by Crippen LogP contribution is -2.19. The van der Waals surface area contributed by atoms with Crippen molar-refractivity contribution in [1.29, 1.82) is 0 Å². The third-order valence-electron chi connectivity index (χ3n) is 3.67. The average Bonchev–Trinajstić information content (AvgIpc) is 2.45. The first-order chi connectivity index (χ1) is 10.1. The van der Waals surface area contributed by atoms with Crippen LogP contribution in [0.1, 0.15) is 52.0 Å². The molecule has 3 nitrogen and oxygen atoms in total. The maximum atomic E-state index is 11.4. The molecule has 1 rings (SSSR count). The zero-order chi connectivity index (χ0) is 15.7. The van der Waals surface area contributed by atoms with E-state index in [0.717, 1.165) is 37.9 Å². The van der Waals surface area contributed by atoms with Gasteiger partial charge in [-0.25, -0.2) is 4.21 Å². The summed E-state index contributed by atoms with van der Waals surface area (Å²) in [5.41, 5.74) is 1.19. The molecule has 0 aliphatic heterocycles. The average molecular weight is 312 g/mol. The van der Waals surface area contributed by atoms with Crippen molar-refractivity contribution in [2.45, 2.75) is 58.1 Å². The SMILES string of the molecule is CCCCC(CC(C)Cc1ccccc1OCC)S(=O)O. The molecule has 0 spiro atoms. The first-order valence-corrected chi connectivity index (χ1v) is 9.05. The summed E-state index contributed by atoms with van der Waals surface area (Å²) < 4.78 is 26.5. The van der Waals surface area contributed by atoms with Crippen LogP contribution in [0.5, 0.6) is 5.75 Å². The monoisotopic (exact) mass is 312 g/mol. The van der Waals surface area contributed by atoms with Crippen molar-refractivity contribution in [2.24, 2.45) is 5.92 Å². The van der Waals surface area contributed by atoms with Crippen molar-refractivity contribution in [1.82, 2.24) is 0 Å². The van der Waals surface area contributed by atoms with Gasteiger partial charge in [0.2, 0.25) is 0 Å². The van der Waals surface area contributed by atoms with Gasteiger partial charge in [0.1, 0.15) is 5.75 Å². The minimum Gasteiger partial charge on any atom is -0.494 e. The van der Waals surface area contributed by atoms with Crippen LogP contribution in [0.15, 0.2) is 24.3 Å². The third-order valence-corrected chi connectivity index (χ3v) is 4.67. The first kappa shape index (κ1) is 18.2. The van der Waals surface area contributed by atoms with Crippen molar-refractivity contribution >= 4 is 11.1 Å². The van der Waals surface area contributed by atoms with E-state index in [0.29, 0.717) is 12.5 Å². The van der Waals surface area contributed by atoms with E-state index in [-0.39, 0.29) is 5.25 Å². The van der Waals surface area contributed by atoms with E-state index in [2.05, 4.69) is 19.9 Å². The van der Waals surface area contributed by atoms with E-state index in [1.807, 2.05) is 25.1 Å². The van der Waals surface area contributed by atoms with E-state index >= 15 is 0 Å². The fourth-order valence-corrected chi connectivity index (χ4v) is 3.47. The molecule has 4 heteroatoms. The largest absolute Gasteiger partial charge is 0.494 e. The lowest BCUT2D eigenvalue weighted by Gasteiger charge is -2.19. The van der Waals surface area contributed by atoms with Crippen molar-refractivity contribution in [3.8, 4) is 5.75 Å². The number of benzene rings is 1. The molecule has 1 aromatic rings. The van der Waals surface area contributed by atoms with Gasteiger partial charge < -0.3 is 9.29 Å². The number of rotatable bonds is 10. The minimum absolute atomic E-state index is 0.112. The van der Waals surface area contributed by atoms with Crippen LogP contribution >= 0.6 is 0 Å². The number of unbranched alkanes of at least 4 members (excludes halogenated alkanes) is 1. The Hall–Kier alpha value is -0.870. The fourth-order valence-electron chi connectivity index (χ4n) is 2.61. The highest BCUT2D eigenvalue weighted by Crippen LogP contribution is 2.25. The molecular formula is C17H28O3S. The van der Waals surface area contributed by atoms with Gasteiger partial charge in [-0.2, -0.15) is 0 Å². The Morgan fingerprint density at radius 3 is 2.62 bits per heavy atom. The smallest absolute Gasteiger partial charge is 0.155 e. The summed E-state index contributed by atoms with van der Waals surface area (Å²) in [5, 5.41) is -0.112. The molecule has 0 radical (unpaired) electrons. The summed E-state index contributed by atoms with van der Waals surface area (Å²) in [6.07, 6.45) is 4.57. The first-order valence-electron chi connectivity index (χ1n) is 7.88. The van der Waals surface area contributed by atoms with Crippen LogP contribution in [0.25, 0.3) is 0 Å². The molecular weight excluding hydrogens is 284 g/mol. The van der Waals surface area contributed by atoms with Crippen LogP contribution in [0.3, 0.4) is 0 Å². The molecule has 0 saturated carbocycles. The summed E-state index contributed by atoms with van der Waals surface area (Å²) in [6, 6.07) is 8.07. The van der Waals surface area contributed by atoms with Gasteiger partial charge in [0.25, 0.3) is 0 Å². The van der Waals surface area contributed by atoms with Gasteiger partial charge in [-0.3, -0.25) is 0 Å². The molecule has 21 heavy (non-hydrogen) atoms. The summed E-state index contributed by atoms with van der Waals surface area (Å²) in [7, 11) is 0. The molecule has 0 aliphatic rings. The Balaban J connectivity index is 2.63. The van der Waals surface area contributed by atoms with Crippen LogP contribution in [0.4, 0.5) is 0 Å². The fraction of sp³-hybridized carbons (Fsp3) is 0.647. The van der Waals surface area contributed by atoms with Crippen molar-refractivity contribution in [3.05, 3.63) is 29.8 Å². The van der Waals surface area contributed by atoms with Crippen molar-refractivity contribution in [3.63, 3.8) is 0 Å². The predicted octanol–water partition coefficient (Wildman–Crippen LogP) is 4.43. The van der Waals surface area contributed by atoms with E-state index in [1.54, 1.807) is 0 Å². The molecule has 3 atom stereocenters. The van der Waals surface area contributed by atoms with E-state index in [4.69, 9.17) is 4.74 Å². The van der Waals surface area contributed by atoms with Gasteiger partial charge in [-0.1, -0.05) is 44.9 Å². The molecule has 0 saturated heterocycles. The molecule has 1 aromatic carbocycles. The van der Waals surface area contributed by atoms with Crippen LogP contribution in [0.2, 0.25) is 0 Å². The van der Waals surface area contributed by atoms with Gasteiger partial charge in [0.05, 0.1) is 11.9 Å². The Bertz CT molecular complexity index is 434. The highest BCUT2D eigenvalue weighted by atomic mass is 32.2. The molecule has 120 valence electrons. The zero-order valence-electron chi connectivity index (χ0n) is 13.4. The number of hydrogen-bond donors (Lipinski definition) is 1. The standard InChI is InChI=1S/C17H28O3S/c1-4-6-10-16(21(18)19)13-14(3)12-15-9-7-8-11-17(15)20-5-2/h7-9,11,14,16H,4-6,10,12-13H2,1-3H3,(H,18,19). The van der Waals surface area contributed by atoms with Crippen molar-refractivity contribution < 1.29 is 13.5 Å². The molecule has 0 fully saturated rings. The van der Waals surface area contributed by atoms with E-state index in [1.165, 1.54) is 5.56 Å². The van der Waals surface area contributed by atoms with Crippen LogP contribution < -0.4 is 4.74 Å². The summed E-state index contributed by atoms with van der Waals surface area (Å²) in [5.74, 6) is 1.30. The van der Waals surface area contributed by atoms with Gasteiger partial charge in [-0.15, -0.1) is 0 Å². The summed E-state index contributed by atoms with van der Waals surface area (Å²) in [6.45, 7) is 6.90. The topological polar surface area (TPSA) is 46.5 Å². The maximum absolute atomic E-state index is 11.4. The molecule has 0 amide bonds. The molecule has 0 heterocycles. The van der Waals surface area contributed by atoms with Crippen molar-refractivity contribution in [2.75, 3.05) is 6.61 Å². The third kappa shape index (κ3) is 6.62. The highest BCUT2D eigenvalue weighted by molar-refractivity contribution is 7.79. The Morgan fingerprint density at radius 1 is 1.29 bits per heavy atom. The Labute approximate surface area is 131 Å². The number of para-hydroxylation sites is 1. The lowest BCUT2D eigenvalue weighted by molar-refractivity contribution is 0.333. The minimum atomic E-state index is -1.72. The molecule has 1 N–H and O–H groups in total. The predicted molar refractivity (Wildman–Crippen MR) is 89.2 cm³/mol. The van der Waals surface area contributed by atoms with E-state index in [9.17, 15) is 8.76 Å². The van der Waals surface area contributed by atoms with Gasteiger partial charge in [0, 0.05) is 0 Å². The van der Waals surface area contributed by atoms with E-state index < -0.39 is 11.1 Å². The summed E-state index contributed by atoms with van der Waals surface area (Å²) in [4.78, 5) is 0. The van der Waals surface area contributed by atoms with Crippen LogP contribution in [0, 0.1) is 5.92 Å². The summed E-state index contributed by atoms with van der Waals surface area (Å²) >= 11 is -1.72. The molecule has 0 aromatic heterocycles. The molecule has 0 bridgehead atoms. The molecule has 3 unspecified atom stereocenters. The highest BCUT2D eigenvalue weighted by Gasteiger charge is 2.19. The molecule has 0 aliphatic carbocycles. The second kappa shape index (κ2) is 9.96. The second-order valence-corrected chi connectivity index (χ2v) is 6.85. The van der Waals surface area contributed by atoms with Crippen LogP contribution in [-0.4, -0.2) is 20.6 Å². The lowest BCUT2D eigenvalue weighted by atomic mass is 9.94. The van der Waals surface area contributed by atoms with Gasteiger partial charge >= 0.3 is 0 Å². The normalized spacial score (nSPS) is 15.4. The quantitative estimate of drug-likeness (QED) is 0.650. The van der Waals surface area contributed by atoms with Gasteiger partial charge in [-0.05, 0) is 43.7 Å². The number of ether oxygens (including phenoxy) is 1. The Morgan fingerprint density at radius 2 is 2.00 bits per heavy atom. The number of hydrogen-bond acceptors (Lipinski definition) is 2. The van der Waals surface area contributed by atoms with Crippen LogP contribution in [-0.2, 0) is 17.5 Å². The van der Waals surface area contributed by atoms with Gasteiger partial charge in [0.15, 0.2) is 11.1 Å². The maximum Gasteiger partial charge on any atom is 0.155 e.